The van der Waals surface area contributed by atoms with Crippen LogP contribution in [0.2, 0.25) is 0 Å². The normalized spacial score (nSPS) is 12.6. The lowest BCUT2D eigenvalue weighted by atomic mass is 9.96. The third kappa shape index (κ3) is 3.68. The van der Waals surface area contributed by atoms with Gasteiger partial charge in [0.25, 0.3) is 0 Å². The third-order valence-corrected chi connectivity index (χ3v) is 4.46. The van der Waals surface area contributed by atoms with Crippen molar-refractivity contribution >= 4 is 11.3 Å². The minimum Gasteiger partial charge on any atom is -0.310 e. The summed E-state index contributed by atoms with van der Waals surface area (Å²) in [7, 11) is 0. The van der Waals surface area contributed by atoms with E-state index in [0.717, 1.165) is 13.0 Å². The van der Waals surface area contributed by atoms with E-state index in [1.165, 1.54) is 28.0 Å². The Morgan fingerprint density at radius 3 is 2.58 bits per heavy atom. The Morgan fingerprint density at radius 1 is 1.16 bits per heavy atom. The van der Waals surface area contributed by atoms with Crippen molar-refractivity contribution < 1.29 is 0 Å². The molecule has 1 atom stereocenters. The zero-order chi connectivity index (χ0) is 13.7. The summed E-state index contributed by atoms with van der Waals surface area (Å²) < 4.78 is 0. The van der Waals surface area contributed by atoms with Crippen LogP contribution in [-0.4, -0.2) is 6.54 Å². The van der Waals surface area contributed by atoms with Crippen molar-refractivity contribution in [3.05, 3.63) is 57.3 Å². The van der Waals surface area contributed by atoms with Crippen LogP contribution in [0.4, 0.5) is 0 Å². The molecule has 2 heteroatoms. The van der Waals surface area contributed by atoms with Gasteiger partial charge in [0.1, 0.15) is 0 Å². The second-order valence-electron chi connectivity index (χ2n) is 5.07. The number of nitrogens with one attached hydrogen (secondary N) is 1. The molecule has 0 fully saturated rings. The number of hydrogen-bond acceptors (Lipinski definition) is 2. The Hall–Kier alpha value is -1.12. The lowest BCUT2D eigenvalue weighted by molar-refractivity contribution is 0.528. The van der Waals surface area contributed by atoms with Crippen LogP contribution < -0.4 is 5.32 Å². The zero-order valence-corrected chi connectivity index (χ0v) is 12.9. The molecular formula is C17H23NS. The van der Waals surface area contributed by atoms with Crippen LogP contribution in [0.3, 0.4) is 0 Å². The fraction of sp³-hybridized carbons (Fsp3) is 0.412. The number of thiophene rings is 1. The maximum atomic E-state index is 3.70. The molecule has 1 unspecified atom stereocenters. The molecular weight excluding hydrogens is 250 g/mol. The van der Waals surface area contributed by atoms with Gasteiger partial charge in [-0.3, -0.25) is 0 Å². The molecule has 0 aliphatic rings. The second-order valence-corrected chi connectivity index (χ2v) is 6.19. The number of benzene rings is 1. The molecule has 0 aliphatic heterocycles. The summed E-state index contributed by atoms with van der Waals surface area (Å²) in [5.41, 5.74) is 4.29. The maximum absolute atomic E-state index is 3.70. The predicted molar refractivity (Wildman–Crippen MR) is 85.0 cm³/mol. The molecule has 1 heterocycles. The van der Waals surface area contributed by atoms with Gasteiger partial charge in [-0.25, -0.2) is 0 Å². The van der Waals surface area contributed by atoms with E-state index < -0.39 is 0 Å². The van der Waals surface area contributed by atoms with Crippen molar-refractivity contribution in [1.82, 2.24) is 5.32 Å². The van der Waals surface area contributed by atoms with Crippen LogP contribution in [0.1, 0.15) is 41.0 Å². The largest absolute Gasteiger partial charge is 0.310 e. The van der Waals surface area contributed by atoms with E-state index in [4.69, 9.17) is 0 Å². The highest BCUT2D eigenvalue weighted by molar-refractivity contribution is 7.10. The first kappa shape index (κ1) is 14.3. The SMILES string of the molecule is CCCNC(Cc1ccccc1C)c1ccsc1C. The van der Waals surface area contributed by atoms with Crippen LogP contribution in [0.15, 0.2) is 35.7 Å². The van der Waals surface area contributed by atoms with E-state index >= 15 is 0 Å². The highest BCUT2D eigenvalue weighted by atomic mass is 32.1. The first-order valence-electron chi connectivity index (χ1n) is 7.04. The van der Waals surface area contributed by atoms with Gasteiger partial charge in [0.15, 0.2) is 0 Å². The van der Waals surface area contributed by atoms with Crippen LogP contribution in [0, 0.1) is 13.8 Å². The summed E-state index contributed by atoms with van der Waals surface area (Å²) in [4.78, 5) is 1.43. The summed E-state index contributed by atoms with van der Waals surface area (Å²) in [6.07, 6.45) is 2.25. The molecule has 1 aromatic heterocycles. The van der Waals surface area contributed by atoms with Gasteiger partial charge in [0, 0.05) is 10.9 Å². The van der Waals surface area contributed by atoms with Gasteiger partial charge < -0.3 is 5.32 Å². The van der Waals surface area contributed by atoms with Crippen molar-refractivity contribution in [2.45, 2.75) is 39.7 Å². The van der Waals surface area contributed by atoms with Gasteiger partial charge in [-0.05, 0) is 61.4 Å². The average molecular weight is 273 g/mol. The van der Waals surface area contributed by atoms with E-state index in [-0.39, 0.29) is 0 Å². The highest BCUT2D eigenvalue weighted by Gasteiger charge is 2.15. The van der Waals surface area contributed by atoms with Gasteiger partial charge in [-0.1, -0.05) is 31.2 Å². The Kier molecular flexibility index (Phi) is 5.17. The van der Waals surface area contributed by atoms with Crippen LogP contribution >= 0.6 is 11.3 Å². The molecule has 19 heavy (non-hydrogen) atoms. The fourth-order valence-corrected chi connectivity index (χ4v) is 3.19. The van der Waals surface area contributed by atoms with Gasteiger partial charge in [-0.15, -0.1) is 11.3 Å². The van der Waals surface area contributed by atoms with Gasteiger partial charge in [-0.2, -0.15) is 0 Å². The molecule has 2 rings (SSSR count). The Bertz CT molecular complexity index is 515. The third-order valence-electron chi connectivity index (χ3n) is 3.60. The summed E-state index contributed by atoms with van der Waals surface area (Å²) in [5, 5.41) is 5.89. The van der Waals surface area contributed by atoms with Gasteiger partial charge >= 0.3 is 0 Å². The lowest BCUT2D eigenvalue weighted by Crippen LogP contribution is -2.24. The summed E-state index contributed by atoms with van der Waals surface area (Å²) in [5.74, 6) is 0. The maximum Gasteiger partial charge on any atom is 0.0371 e. The molecule has 1 N–H and O–H groups in total. The van der Waals surface area contributed by atoms with E-state index in [1.807, 2.05) is 11.3 Å². The molecule has 1 aromatic carbocycles. The lowest BCUT2D eigenvalue weighted by Gasteiger charge is -2.20. The van der Waals surface area contributed by atoms with Crippen molar-refractivity contribution in [1.29, 1.82) is 0 Å². The van der Waals surface area contributed by atoms with Crippen LogP contribution in [0.5, 0.6) is 0 Å². The fourth-order valence-electron chi connectivity index (χ4n) is 2.43. The molecule has 0 saturated carbocycles. The van der Waals surface area contributed by atoms with Crippen molar-refractivity contribution in [2.24, 2.45) is 0 Å². The van der Waals surface area contributed by atoms with Crippen molar-refractivity contribution in [3.8, 4) is 0 Å². The minimum atomic E-state index is 0.437. The Balaban J connectivity index is 2.19. The molecule has 0 bridgehead atoms. The van der Waals surface area contributed by atoms with Crippen LogP contribution in [0.25, 0.3) is 0 Å². The molecule has 2 aromatic rings. The van der Waals surface area contributed by atoms with Crippen molar-refractivity contribution in [3.63, 3.8) is 0 Å². The molecule has 102 valence electrons. The number of rotatable bonds is 6. The van der Waals surface area contributed by atoms with E-state index in [9.17, 15) is 0 Å². The molecule has 1 nitrogen and oxygen atoms in total. The first-order chi connectivity index (χ1) is 9.22. The Labute approximate surface area is 120 Å². The topological polar surface area (TPSA) is 12.0 Å². The quantitative estimate of drug-likeness (QED) is 0.808. The van der Waals surface area contributed by atoms with Crippen LogP contribution in [-0.2, 0) is 6.42 Å². The monoisotopic (exact) mass is 273 g/mol. The second kappa shape index (κ2) is 6.88. The van der Waals surface area contributed by atoms with E-state index in [0.29, 0.717) is 6.04 Å². The molecule has 0 aliphatic carbocycles. The van der Waals surface area contributed by atoms with Crippen molar-refractivity contribution in [2.75, 3.05) is 6.54 Å². The minimum absolute atomic E-state index is 0.437. The summed E-state index contributed by atoms with van der Waals surface area (Å²) in [6, 6.07) is 11.4. The smallest absolute Gasteiger partial charge is 0.0371 e. The summed E-state index contributed by atoms with van der Waals surface area (Å²) >= 11 is 1.84. The predicted octanol–water partition coefficient (Wildman–Crippen LogP) is 4.65. The highest BCUT2D eigenvalue weighted by Crippen LogP contribution is 2.26. The Morgan fingerprint density at radius 2 is 1.95 bits per heavy atom. The summed E-state index contributed by atoms with van der Waals surface area (Å²) in [6.45, 7) is 7.72. The van der Waals surface area contributed by atoms with E-state index in [2.05, 4.69) is 61.8 Å². The first-order valence-corrected chi connectivity index (χ1v) is 7.92. The molecule has 0 spiro atoms. The van der Waals surface area contributed by atoms with E-state index in [1.54, 1.807) is 0 Å². The average Bonchev–Trinajstić information content (AvgIpc) is 2.83. The van der Waals surface area contributed by atoms with Gasteiger partial charge in [0.2, 0.25) is 0 Å². The zero-order valence-electron chi connectivity index (χ0n) is 12.1. The standard InChI is InChI=1S/C17H23NS/c1-4-10-18-17(16-9-11-19-14(16)3)12-15-8-6-5-7-13(15)2/h5-9,11,17-18H,4,10,12H2,1-3H3. The molecule has 0 radical (unpaired) electrons. The van der Waals surface area contributed by atoms with Gasteiger partial charge in [0.05, 0.1) is 0 Å². The number of hydrogen-bond donors (Lipinski definition) is 1. The number of aryl methyl sites for hydroxylation is 2. The molecule has 0 amide bonds. The molecule has 0 saturated heterocycles.